The summed E-state index contributed by atoms with van der Waals surface area (Å²) in [5.41, 5.74) is 1.70. The number of H-pyrrole nitrogens is 1. The first-order chi connectivity index (χ1) is 17.2. The molecule has 0 spiro atoms. The number of aromatic amines is 1. The van der Waals surface area contributed by atoms with Crippen LogP contribution in [0.25, 0.3) is 22.7 Å². The topological polar surface area (TPSA) is 156 Å². The molecule has 4 rings (SSSR count). The Balaban J connectivity index is 1.49. The summed E-state index contributed by atoms with van der Waals surface area (Å²) >= 11 is 6.31. The first-order valence-electron chi connectivity index (χ1n) is 11.3. The van der Waals surface area contributed by atoms with Gasteiger partial charge in [-0.25, -0.2) is 24.9 Å². The number of aliphatic hydroxyl groups excluding tert-OH is 1. The molecule has 12 heteroatoms. The molecule has 3 N–H and O–H groups in total. The third kappa shape index (κ3) is 5.50. The van der Waals surface area contributed by atoms with Gasteiger partial charge in [-0.15, -0.1) is 0 Å². The number of unbranched alkanes of at least 4 members (excludes halogenated alkanes) is 1. The van der Waals surface area contributed by atoms with E-state index in [4.69, 9.17) is 21.2 Å². The molecule has 36 heavy (non-hydrogen) atoms. The number of fused-ring (bicyclic) bond motifs is 1. The van der Waals surface area contributed by atoms with E-state index in [-0.39, 0.29) is 28.4 Å². The van der Waals surface area contributed by atoms with Crippen LogP contribution in [0.3, 0.4) is 0 Å². The molecule has 1 unspecified atom stereocenters. The molecule has 4 aromatic heterocycles. The smallest absolute Gasteiger partial charge is 0.272 e. The number of aromatic nitrogens is 7. The highest BCUT2D eigenvalue weighted by Gasteiger charge is 2.22. The van der Waals surface area contributed by atoms with Crippen molar-refractivity contribution in [2.24, 2.45) is 0 Å². The summed E-state index contributed by atoms with van der Waals surface area (Å²) in [6, 6.07) is 1.14. The number of amides is 1. The van der Waals surface area contributed by atoms with Gasteiger partial charge in [0.2, 0.25) is 0 Å². The van der Waals surface area contributed by atoms with Gasteiger partial charge in [0.05, 0.1) is 12.2 Å². The Hall–Kier alpha value is -3.88. The zero-order valence-corrected chi connectivity index (χ0v) is 21.0. The van der Waals surface area contributed by atoms with Crippen molar-refractivity contribution >= 4 is 28.7 Å². The van der Waals surface area contributed by atoms with Gasteiger partial charge in [0.25, 0.3) is 5.91 Å². The third-order valence-corrected chi connectivity index (χ3v) is 5.48. The summed E-state index contributed by atoms with van der Waals surface area (Å²) in [5, 5.41) is 15.8. The number of hydrogen-bond donors (Lipinski definition) is 3. The monoisotopic (exact) mass is 508 g/mol. The van der Waals surface area contributed by atoms with E-state index in [9.17, 15) is 4.79 Å². The third-order valence-electron chi connectivity index (χ3n) is 5.13. The molecule has 0 aliphatic heterocycles. The standard InChI is InChI=1S/C24H25ClN8O3/c1-13(29-22(35)19-18(25)14(27-12-28-19)8-6-5-7-9-34)17-10-15(33-36-17)20-30-16-11-26-23(24(2,3)4)32-21(16)31-20/h10-13,34H,5,7,9H2,1-4H3,(H,29,35)(H,26,30,31,32). The Labute approximate surface area is 212 Å². The molecular weight excluding hydrogens is 484 g/mol. The zero-order valence-electron chi connectivity index (χ0n) is 20.3. The van der Waals surface area contributed by atoms with E-state index in [0.29, 0.717) is 47.1 Å². The van der Waals surface area contributed by atoms with Crippen LogP contribution in [-0.4, -0.2) is 52.7 Å². The van der Waals surface area contributed by atoms with Gasteiger partial charge < -0.3 is 19.9 Å². The average Bonchev–Trinajstić information content (AvgIpc) is 3.49. The van der Waals surface area contributed by atoms with E-state index in [1.54, 1.807) is 19.2 Å². The summed E-state index contributed by atoms with van der Waals surface area (Å²) in [6.07, 6.45) is 3.95. The van der Waals surface area contributed by atoms with E-state index in [1.807, 2.05) is 20.8 Å². The number of imidazole rings is 1. The predicted molar refractivity (Wildman–Crippen MR) is 132 cm³/mol. The van der Waals surface area contributed by atoms with Crippen LogP contribution in [0.1, 0.15) is 74.3 Å². The minimum atomic E-state index is -0.541. The molecule has 0 aliphatic carbocycles. The molecule has 0 bridgehead atoms. The molecule has 0 saturated heterocycles. The maximum atomic E-state index is 12.8. The molecule has 0 radical (unpaired) electrons. The average molecular weight is 509 g/mol. The number of carbonyl (C=O) groups excluding carboxylic acids is 1. The Morgan fingerprint density at radius 3 is 2.83 bits per heavy atom. The molecule has 4 heterocycles. The summed E-state index contributed by atoms with van der Waals surface area (Å²) in [4.78, 5) is 37.4. The van der Waals surface area contributed by atoms with Gasteiger partial charge in [0, 0.05) is 24.5 Å². The van der Waals surface area contributed by atoms with Gasteiger partial charge in [0.1, 0.15) is 34.1 Å². The highest BCUT2D eigenvalue weighted by Crippen LogP contribution is 2.25. The van der Waals surface area contributed by atoms with Gasteiger partial charge in [-0.1, -0.05) is 43.4 Å². The van der Waals surface area contributed by atoms with E-state index >= 15 is 0 Å². The molecular formula is C24H25ClN8O3. The fourth-order valence-electron chi connectivity index (χ4n) is 3.16. The molecule has 0 fully saturated rings. The number of nitrogens with zero attached hydrogens (tertiary/aromatic N) is 6. The SMILES string of the molecule is CC(NC(=O)c1ncnc(C#CCCCO)c1Cl)c1cc(-c2nc3nc(C(C)(C)C)ncc3[nH]2)no1. The van der Waals surface area contributed by atoms with Crippen LogP contribution < -0.4 is 5.32 Å². The molecule has 186 valence electrons. The van der Waals surface area contributed by atoms with Gasteiger partial charge in [0.15, 0.2) is 22.9 Å². The first kappa shape index (κ1) is 25.2. The zero-order chi connectivity index (χ0) is 25.9. The van der Waals surface area contributed by atoms with E-state index < -0.39 is 11.9 Å². The fourth-order valence-corrected chi connectivity index (χ4v) is 3.39. The summed E-state index contributed by atoms with van der Waals surface area (Å²) in [7, 11) is 0. The second-order valence-corrected chi connectivity index (χ2v) is 9.47. The summed E-state index contributed by atoms with van der Waals surface area (Å²) < 4.78 is 5.45. The highest BCUT2D eigenvalue weighted by atomic mass is 35.5. The van der Waals surface area contributed by atoms with Gasteiger partial charge >= 0.3 is 0 Å². The van der Waals surface area contributed by atoms with Crippen molar-refractivity contribution in [3.63, 3.8) is 0 Å². The van der Waals surface area contributed by atoms with Crippen molar-refractivity contribution in [2.45, 2.75) is 52.0 Å². The second kappa shape index (κ2) is 10.4. The molecule has 0 aromatic carbocycles. The minimum absolute atomic E-state index is 0.00442. The predicted octanol–water partition coefficient (Wildman–Crippen LogP) is 3.36. The molecule has 11 nitrogen and oxygen atoms in total. The molecule has 1 atom stereocenters. The number of nitrogens with one attached hydrogen (secondary N) is 2. The van der Waals surface area contributed by atoms with Crippen LogP contribution in [-0.2, 0) is 5.41 Å². The summed E-state index contributed by atoms with van der Waals surface area (Å²) in [5.74, 6) is 6.72. The van der Waals surface area contributed by atoms with Crippen LogP contribution in [0.4, 0.5) is 0 Å². The largest absolute Gasteiger partial charge is 0.396 e. The highest BCUT2D eigenvalue weighted by molar-refractivity contribution is 6.34. The van der Waals surface area contributed by atoms with Crippen molar-refractivity contribution < 1.29 is 14.4 Å². The van der Waals surface area contributed by atoms with E-state index in [0.717, 1.165) is 0 Å². The normalized spacial score (nSPS) is 12.3. The van der Waals surface area contributed by atoms with Crippen molar-refractivity contribution in [3.05, 3.63) is 46.6 Å². The lowest BCUT2D eigenvalue weighted by atomic mass is 9.96. The van der Waals surface area contributed by atoms with Crippen molar-refractivity contribution in [1.29, 1.82) is 0 Å². The fraction of sp³-hybridized carbons (Fsp3) is 0.375. The van der Waals surface area contributed by atoms with Crippen molar-refractivity contribution in [1.82, 2.24) is 40.4 Å². The lowest BCUT2D eigenvalue weighted by Crippen LogP contribution is -2.27. The number of carbonyl (C=O) groups is 1. The Morgan fingerprint density at radius 2 is 2.08 bits per heavy atom. The number of halogens is 1. The van der Waals surface area contributed by atoms with E-state index in [2.05, 4.69) is 52.2 Å². The molecule has 0 saturated carbocycles. The second-order valence-electron chi connectivity index (χ2n) is 9.09. The Kier molecular flexibility index (Phi) is 7.28. The van der Waals surface area contributed by atoms with Crippen LogP contribution in [0.15, 0.2) is 23.1 Å². The van der Waals surface area contributed by atoms with Crippen LogP contribution >= 0.6 is 11.6 Å². The van der Waals surface area contributed by atoms with Crippen LogP contribution in [0, 0.1) is 11.8 Å². The maximum absolute atomic E-state index is 12.8. The van der Waals surface area contributed by atoms with Gasteiger partial charge in [-0.3, -0.25) is 4.79 Å². The van der Waals surface area contributed by atoms with Gasteiger partial charge in [-0.05, 0) is 19.3 Å². The Bertz CT molecular complexity index is 1460. The van der Waals surface area contributed by atoms with Crippen LogP contribution in [0.5, 0.6) is 0 Å². The quantitative estimate of drug-likeness (QED) is 0.262. The molecule has 4 aromatic rings. The molecule has 0 aliphatic rings. The summed E-state index contributed by atoms with van der Waals surface area (Å²) in [6.45, 7) is 7.88. The number of rotatable bonds is 6. The lowest BCUT2D eigenvalue weighted by Gasteiger charge is -2.15. The minimum Gasteiger partial charge on any atom is -0.396 e. The molecule has 1 amide bonds. The lowest BCUT2D eigenvalue weighted by molar-refractivity contribution is 0.0928. The number of hydrogen-bond acceptors (Lipinski definition) is 9. The van der Waals surface area contributed by atoms with E-state index in [1.165, 1.54) is 6.33 Å². The van der Waals surface area contributed by atoms with Gasteiger partial charge in [-0.2, -0.15) is 0 Å². The first-order valence-corrected chi connectivity index (χ1v) is 11.7. The van der Waals surface area contributed by atoms with Crippen LogP contribution in [0.2, 0.25) is 5.02 Å². The maximum Gasteiger partial charge on any atom is 0.272 e. The number of aliphatic hydroxyl groups is 1. The van der Waals surface area contributed by atoms with Crippen molar-refractivity contribution in [3.8, 4) is 23.4 Å². The Morgan fingerprint density at radius 1 is 1.28 bits per heavy atom. The van der Waals surface area contributed by atoms with Crippen molar-refractivity contribution in [2.75, 3.05) is 6.61 Å².